The van der Waals surface area contributed by atoms with E-state index < -0.39 is 16.1 Å². The van der Waals surface area contributed by atoms with Crippen LogP contribution in [0.15, 0.2) is 11.0 Å². The van der Waals surface area contributed by atoms with Crippen molar-refractivity contribution in [3.05, 3.63) is 11.0 Å². The molecule has 7 heteroatoms. The molecule has 1 N–H and O–H groups in total. The molecule has 72 valence electrons. The predicted octanol–water partition coefficient (Wildman–Crippen LogP) is -0.307. The third kappa shape index (κ3) is 8.45. The van der Waals surface area contributed by atoms with Crippen molar-refractivity contribution in [2.75, 3.05) is 6.61 Å². The van der Waals surface area contributed by atoms with E-state index in [-0.39, 0.29) is 41.7 Å². The van der Waals surface area contributed by atoms with Crippen molar-refractivity contribution in [3.8, 4) is 0 Å². The molecule has 0 amide bonds. The summed E-state index contributed by atoms with van der Waals surface area (Å²) in [5.41, 5.74) is -0.153. The molecule has 0 fully saturated rings. The van der Waals surface area contributed by atoms with E-state index in [0.29, 0.717) is 5.41 Å². The van der Waals surface area contributed by atoms with Crippen LogP contribution < -0.4 is 0 Å². The third-order valence-electron chi connectivity index (χ3n) is 0.923. The quantitative estimate of drug-likeness (QED) is 0.304. The molecule has 0 bridgehead atoms. The molecule has 0 aromatic carbocycles. The van der Waals surface area contributed by atoms with Gasteiger partial charge in [-0.3, -0.25) is 4.55 Å². The van der Waals surface area contributed by atoms with Gasteiger partial charge in [0.1, 0.15) is 0 Å². The summed E-state index contributed by atoms with van der Waals surface area (Å²) in [6, 6.07) is 0. The van der Waals surface area contributed by atoms with Crippen LogP contribution in [0.1, 0.15) is 13.8 Å². The molecule has 5 nitrogen and oxygen atoms in total. The maximum atomic E-state index is 10.8. The van der Waals surface area contributed by atoms with Crippen LogP contribution in [0.3, 0.4) is 0 Å². The molecule has 0 saturated heterocycles. The number of ether oxygens (including phenoxy) is 1. The van der Waals surface area contributed by atoms with Crippen molar-refractivity contribution in [1.82, 2.24) is 0 Å². The molecule has 13 heavy (non-hydrogen) atoms. The average Bonchev–Trinajstić information content (AvgIpc) is 1.84. The van der Waals surface area contributed by atoms with Crippen molar-refractivity contribution in [3.63, 3.8) is 0 Å². The predicted molar refractivity (Wildman–Crippen MR) is 49.1 cm³/mol. The second-order valence-electron chi connectivity index (χ2n) is 2.04. The van der Waals surface area contributed by atoms with E-state index in [1.807, 2.05) is 0 Å². The van der Waals surface area contributed by atoms with E-state index in [1.54, 1.807) is 6.92 Å². The zero-order valence-corrected chi connectivity index (χ0v) is 7.59. The summed E-state index contributed by atoms with van der Waals surface area (Å²) in [7, 11) is -4.25. The minimum absolute atomic E-state index is 0. The molecule has 0 atom stereocenters. The number of carbonyl (C=O) groups excluding carboxylic acids is 1. The van der Waals surface area contributed by atoms with E-state index in [4.69, 9.17) is 4.55 Å². The molecule has 0 aromatic heterocycles. The van der Waals surface area contributed by atoms with Gasteiger partial charge in [-0.05, 0) is 13.8 Å². The molecule has 0 radical (unpaired) electrons. The van der Waals surface area contributed by atoms with Crippen LogP contribution in [0.5, 0.6) is 0 Å². The van der Waals surface area contributed by atoms with Gasteiger partial charge in [0.05, 0.1) is 12.0 Å². The molecule has 0 rings (SSSR count). The summed E-state index contributed by atoms with van der Waals surface area (Å²) in [6.45, 7) is 3.00. The molecular weight excluding hydrogens is 207 g/mol. The Kier molecular flexibility index (Phi) is 7.86. The summed E-state index contributed by atoms with van der Waals surface area (Å²) < 4.78 is 33.2. The Hall–Kier alpha value is 0.120. The van der Waals surface area contributed by atoms with E-state index in [1.165, 1.54) is 6.92 Å². The monoisotopic (exact) mass is 218 g/mol. The van der Waals surface area contributed by atoms with Crippen molar-refractivity contribution < 1.29 is 22.5 Å². The molecule has 0 saturated carbocycles. The summed E-state index contributed by atoms with van der Waals surface area (Å²) >= 11 is 0. The Labute approximate surface area is 99.2 Å². The first-order valence-electron chi connectivity index (χ1n) is 3.19. The number of carbonyl (C=O) groups is 1. The van der Waals surface area contributed by atoms with Crippen LogP contribution in [-0.4, -0.2) is 55.1 Å². The van der Waals surface area contributed by atoms with Crippen LogP contribution in [0.4, 0.5) is 0 Å². The zero-order valence-electron chi connectivity index (χ0n) is 6.77. The first-order valence-corrected chi connectivity index (χ1v) is 4.70. The van der Waals surface area contributed by atoms with Gasteiger partial charge in [0.25, 0.3) is 10.1 Å². The van der Waals surface area contributed by atoms with Gasteiger partial charge >= 0.3 is 35.5 Å². The first-order chi connectivity index (χ1) is 5.37. The zero-order chi connectivity index (χ0) is 9.78. The number of hydrogen-bond donors (Lipinski definition) is 1. The second-order valence-corrected chi connectivity index (χ2v) is 3.30. The topological polar surface area (TPSA) is 80.7 Å². The Bertz CT molecular complexity index is 292. The molecule has 0 spiro atoms. The third-order valence-corrected chi connectivity index (χ3v) is 1.57. The van der Waals surface area contributed by atoms with Gasteiger partial charge in [-0.25, -0.2) is 4.79 Å². The van der Waals surface area contributed by atoms with Crippen molar-refractivity contribution in [2.24, 2.45) is 0 Å². The summed E-state index contributed by atoms with van der Waals surface area (Å²) in [5, 5.41) is 0.449. The van der Waals surface area contributed by atoms with Crippen LogP contribution in [0.25, 0.3) is 0 Å². The van der Waals surface area contributed by atoms with Gasteiger partial charge in [-0.2, -0.15) is 8.42 Å². The number of hydrogen-bond acceptors (Lipinski definition) is 4. The van der Waals surface area contributed by atoms with E-state index >= 15 is 0 Å². The van der Waals surface area contributed by atoms with Crippen LogP contribution in [-0.2, 0) is 19.6 Å². The fourth-order valence-electron chi connectivity index (χ4n) is 0.516. The molecule has 0 aliphatic heterocycles. The SMILES string of the molecule is CCOC(=O)C(C)=CS(=O)(=O)O.[NaH]. The Morgan fingerprint density at radius 3 is 2.31 bits per heavy atom. The van der Waals surface area contributed by atoms with Gasteiger partial charge in [0.2, 0.25) is 0 Å². The van der Waals surface area contributed by atoms with E-state index in [9.17, 15) is 13.2 Å². The summed E-state index contributed by atoms with van der Waals surface area (Å²) in [5.74, 6) is -0.755. The molecule has 0 heterocycles. The molecule has 0 aliphatic rings. The fourth-order valence-corrected chi connectivity index (χ4v) is 1.06. The van der Waals surface area contributed by atoms with E-state index in [0.717, 1.165) is 0 Å². The maximum absolute atomic E-state index is 10.8. The van der Waals surface area contributed by atoms with Crippen LogP contribution in [0.2, 0.25) is 0 Å². The van der Waals surface area contributed by atoms with Gasteiger partial charge < -0.3 is 4.74 Å². The second kappa shape index (κ2) is 6.56. The van der Waals surface area contributed by atoms with Crippen molar-refractivity contribution in [1.29, 1.82) is 0 Å². The number of rotatable bonds is 3. The Balaban J connectivity index is 0. The Morgan fingerprint density at radius 1 is 1.54 bits per heavy atom. The fraction of sp³-hybridized carbons (Fsp3) is 0.500. The molecule has 0 unspecified atom stereocenters. The first kappa shape index (κ1) is 15.6. The normalized spacial score (nSPS) is 11.8. The van der Waals surface area contributed by atoms with Gasteiger partial charge in [0, 0.05) is 5.57 Å². The van der Waals surface area contributed by atoms with E-state index in [2.05, 4.69) is 4.74 Å². The molecule has 0 aromatic rings. The van der Waals surface area contributed by atoms with Gasteiger partial charge in [0.15, 0.2) is 0 Å². The Morgan fingerprint density at radius 2 is 2.00 bits per heavy atom. The van der Waals surface area contributed by atoms with Gasteiger partial charge in [-0.15, -0.1) is 0 Å². The van der Waals surface area contributed by atoms with Crippen molar-refractivity contribution >= 4 is 45.6 Å². The average molecular weight is 218 g/mol. The van der Waals surface area contributed by atoms with Crippen LogP contribution in [0, 0.1) is 0 Å². The number of esters is 1. The standard InChI is InChI=1S/C6H10O5S.Na.H/c1-3-11-6(7)5(2)4-12(8,9)10;;/h4H,3H2,1-2H3,(H,8,9,10);;. The van der Waals surface area contributed by atoms with Gasteiger partial charge in [-0.1, -0.05) is 0 Å². The van der Waals surface area contributed by atoms with Crippen LogP contribution >= 0.6 is 0 Å². The summed E-state index contributed by atoms with van der Waals surface area (Å²) in [4.78, 5) is 10.8. The minimum atomic E-state index is -4.25. The summed E-state index contributed by atoms with van der Waals surface area (Å²) in [6.07, 6.45) is 0. The molecule has 0 aliphatic carbocycles. The van der Waals surface area contributed by atoms with Crippen molar-refractivity contribution in [2.45, 2.75) is 13.8 Å². The molecular formula is C6H11NaO5S.